The second kappa shape index (κ2) is 9.82. The van der Waals surface area contributed by atoms with Crippen LogP contribution in [0.1, 0.15) is 0 Å². The number of carbonyl (C=O) groups excluding carboxylic acids is 1. The Labute approximate surface area is 178 Å². The number of carbonyl (C=O) groups is 1. The first-order valence-corrected chi connectivity index (χ1v) is 10.7. The van der Waals surface area contributed by atoms with Crippen molar-refractivity contribution in [3.8, 4) is 5.75 Å². The van der Waals surface area contributed by atoms with E-state index in [0.29, 0.717) is 6.54 Å². The quantitative estimate of drug-likeness (QED) is 0.739. The summed E-state index contributed by atoms with van der Waals surface area (Å²) in [4.78, 5) is 18.5. The van der Waals surface area contributed by atoms with Crippen LogP contribution in [0.2, 0.25) is 0 Å². The van der Waals surface area contributed by atoms with Crippen LogP contribution in [0.15, 0.2) is 48.5 Å². The van der Waals surface area contributed by atoms with Crippen molar-refractivity contribution < 1.29 is 19.2 Å². The highest BCUT2D eigenvalue weighted by Gasteiger charge is 2.22. The molecule has 2 saturated heterocycles. The van der Waals surface area contributed by atoms with Crippen molar-refractivity contribution in [1.29, 1.82) is 0 Å². The highest BCUT2D eigenvalue weighted by atomic mass is 16.5. The second-order valence-electron chi connectivity index (χ2n) is 7.81. The van der Waals surface area contributed by atoms with Crippen molar-refractivity contribution in [3.63, 3.8) is 0 Å². The van der Waals surface area contributed by atoms with Gasteiger partial charge in [-0.15, -0.1) is 0 Å². The number of hydrogen-bond donors (Lipinski definition) is 2. The summed E-state index contributed by atoms with van der Waals surface area (Å²) in [6.45, 7) is 7.67. The van der Waals surface area contributed by atoms with Gasteiger partial charge in [-0.1, -0.05) is 0 Å². The number of morpholine rings is 1. The van der Waals surface area contributed by atoms with Crippen LogP contribution in [-0.2, 0) is 9.53 Å². The van der Waals surface area contributed by atoms with E-state index in [4.69, 9.17) is 9.47 Å². The van der Waals surface area contributed by atoms with Crippen molar-refractivity contribution >= 4 is 23.0 Å². The monoisotopic (exact) mass is 411 g/mol. The zero-order chi connectivity index (χ0) is 20.8. The van der Waals surface area contributed by atoms with E-state index in [-0.39, 0.29) is 5.91 Å². The van der Waals surface area contributed by atoms with Crippen molar-refractivity contribution in [3.05, 3.63) is 48.5 Å². The molecule has 7 nitrogen and oxygen atoms in total. The lowest BCUT2D eigenvalue weighted by atomic mass is 10.2. The average molecular weight is 412 g/mol. The zero-order valence-electron chi connectivity index (χ0n) is 17.6. The lowest BCUT2D eigenvalue weighted by molar-refractivity contribution is -0.892. The maximum atomic E-state index is 12.5. The Hall–Kier alpha value is -2.77. The van der Waals surface area contributed by atoms with Gasteiger partial charge in [0.05, 0.1) is 46.5 Å². The number of rotatable bonds is 6. The van der Waals surface area contributed by atoms with Crippen LogP contribution in [0.25, 0.3) is 0 Å². The van der Waals surface area contributed by atoms with Crippen LogP contribution < -0.4 is 24.8 Å². The summed E-state index contributed by atoms with van der Waals surface area (Å²) in [6.07, 6.45) is 0. The number of nitrogens with zero attached hydrogens (tertiary/aromatic N) is 2. The second-order valence-corrected chi connectivity index (χ2v) is 7.81. The molecule has 0 radical (unpaired) electrons. The van der Waals surface area contributed by atoms with Crippen LogP contribution in [0.4, 0.5) is 17.1 Å². The molecule has 0 spiro atoms. The maximum absolute atomic E-state index is 12.5. The first-order valence-electron chi connectivity index (χ1n) is 10.7. The van der Waals surface area contributed by atoms with E-state index in [1.807, 2.05) is 24.3 Å². The Kier molecular flexibility index (Phi) is 6.71. The summed E-state index contributed by atoms with van der Waals surface area (Å²) >= 11 is 0. The van der Waals surface area contributed by atoms with Gasteiger partial charge in [-0.2, -0.15) is 0 Å². The molecule has 0 bridgehead atoms. The predicted molar refractivity (Wildman–Crippen MR) is 119 cm³/mol. The standard InChI is InChI=1S/C23H30N4O3/c1-29-22-8-6-21(7-9-22)26-12-10-25(11-13-26)18-23(28)24-19-2-4-20(5-3-19)27-14-16-30-17-15-27/h2-9H,10-18H2,1H3,(H,24,28)/p+1. The summed E-state index contributed by atoms with van der Waals surface area (Å²) in [6, 6.07) is 16.3. The molecule has 160 valence electrons. The highest BCUT2D eigenvalue weighted by Crippen LogP contribution is 2.20. The molecule has 2 heterocycles. The summed E-state index contributed by atoms with van der Waals surface area (Å²) in [5.74, 6) is 0.944. The third-order valence-electron chi connectivity index (χ3n) is 5.85. The topological polar surface area (TPSA) is 58.5 Å². The molecule has 2 aliphatic heterocycles. The number of piperazine rings is 1. The van der Waals surface area contributed by atoms with E-state index in [9.17, 15) is 4.79 Å². The van der Waals surface area contributed by atoms with Gasteiger partial charge in [-0.3, -0.25) is 4.79 Å². The van der Waals surface area contributed by atoms with E-state index < -0.39 is 0 Å². The van der Waals surface area contributed by atoms with Gasteiger partial charge in [0.25, 0.3) is 5.91 Å². The van der Waals surface area contributed by atoms with Gasteiger partial charge in [-0.05, 0) is 48.5 Å². The van der Waals surface area contributed by atoms with Crippen LogP contribution in [-0.4, -0.2) is 72.0 Å². The number of amides is 1. The first-order chi connectivity index (χ1) is 14.7. The minimum Gasteiger partial charge on any atom is -0.497 e. The molecule has 4 rings (SSSR count). The number of methoxy groups -OCH3 is 1. The molecule has 0 atom stereocenters. The molecule has 2 aliphatic rings. The number of nitrogens with one attached hydrogen (secondary N) is 2. The molecule has 0 aliphatic carbocycles. The fourth-order valence-corrected chi connectivity index (χ4v) is 4.06. The molecule has 2 N–H and O–H groups in total. The fraction of sp³-hybridized carbons (Fsp3) is 0.435. The van der Waals surface area contributed by atoms with E-state index in [2.05, 4.69) is 39.4 Å². The molecule has 0 aromatic heterocycles. The molecule has 7 heteroatoms. The smallest absolute Gasteiger partial charge is 0.279 e. The molecule has 2 aromatic carbocycles. The zero-order valence-corrected chi connectivity index (χ0v) is 17.6. The SMILES string of the molecule is COc1ccc(N2CC[NH+](CC(=O)Nc3ccc(N4CCOCC4)cc3)CC2)cc1. The lowest BCUT2D eigenvalue weighted by Gasteiger charge is -2.33. The van der Waals surface area contributed by atoms with E-state index in [1.165, 1.54) is 16.3 Å². The van der Waals surface area contributed by atoms with Crippen LogP contribution in [0, 0.1) is 0 Å². The van der Waals surface area contributed by atoms with Crippen molar-refractivity contribution in [1.82, 2.24) is 0 Å². The van der Waals surface area contributed by atoms with Crippen molar-refractivity contribution in [2.75, 3.05) is 81.3 Å². The lowest BCUT2D eigenvalue weighted by Crippen LogP contribution is -3.15. The summed E-state index contributed by atoms with van der Waals surface area (Å²) in [5.41, 5.74) is 3.24. The molecule has 0 unspecified atom stereocenters. The van der Waals surface area contributed by atoms with E-state index in [0.717, 1.165) is 63.9 Å². The average Bonchev–Trinajstić information content (AvgIpc) is 2.81. The predicted octanol–water partition coefficient (Wildman–Crippen LogP) is 0.875. The molecular weight excluding hydrogens is 380 g/mol. The molecule has 2 fully saturated rings. The molecular formula is C23H31N4O3+. The van der Waals surface area contributed by atoms with Crippen molar-refractivity contribution in [2.45, 2.75) is 0 Å². The summed E-state index contributed by atoms with van der Waals surface area (Å²) in [7, 11) is 1.68. The summed E-state index contributed by atoms with van der Waals surface area (Å²) in [5, 5.41) is 3.04. The van der Waals surface area contributed by atoms with Crippen LogP contribution >= 0.6 is 0 Å². The number of anilines is 3. The Morgan fingerprint density at radius 1 is 0.933 bits per heavy atom. The Morgan fingerprint density at radius 2 is 1.50 bits per heavy atom. The largest absolute Gasteiger partial charge is 0.497 e. The van der Waals surface area contributed by atoms with Gasteiger partial charge in [-0.25, -0.2) is 0 Å². The normalized spacial score (nSPS) is 17.6. The fourth-order valence-electron chi connectivity index (χ4n) is 4.06. The van der Waals surface area contributed by atoms with Crippen LogP contribution in [0.5, 0.6) is 5.75 Å². The maximum Gasteiger partial charge on any atom is 0.279 e. The third-order valence-corrected chi connectivity index (χ3v) is 5.85. The molecule has 0 saturated carbocycles. The Balaban J connectivity index is 1.22. The summed E-state index contributed by atoms with van der Waals surface area (Å²) < 4.78 is 10.6. The minimum atomic E-state index is 0.0713. The Morgan fingerprint density at radius 3 is 2.10 bits per heavy atom. The van der Waals surface area contributed by atoms with Crippen molar-refractivity contribution in [2.24, 2.45) is 0 Å². The van der Waals surface area contributed by atoms with E-state index >= 15 is 0 Å². The molecule has 1 amide bonds. The number of hydrogen-bond acceptors (Lipinski definition) is 5. The number of ether oxygens (including phenoxy) is 2. The van der Waals surface area contributed by atoms with Gasteiger partial charge < -0.3 is 29.5 Å². The van der Waals surface area contributed by atoms with Gasteiger partial charge in [0.15, 0.2) is 6.54 Å². The Bertz CT molecular complexity index is 811. The minimum absolute atomic E-state index is 0.0713. The molecule has 30 heavy (non-hydrogen) atoms. The van der Waals surface area contributed by atoms with Crippen LogP contribution in [0.3, 0.4) is 0 Å². The third kappa shape index (κ3) is 5.23. The number of quaternary nitrogens is 1. The number of benzene rings is 2. The van der Waals surface area contributed by atoms with Gasteiger partial charge >= 0.3 is 0 Å². The molecule has 2 aromatic rings. The first kappa shape index (κ1) is 20.5. The highest BCUT2D eigenvalue weighted by molar-refractivity contribution is 5.91. The van der Waals surface area contributed by atoms with Gasteiger partial charge in [0.2, 0.25) is 0 Å². The van der Waals surface area contributed by atoms with E-state index in [1.54, 1.807) is 7.11 Å². The van der Waals surface area contributed by atoms with Gasteiger partial charge in [0, 0.05) is 30.2 Å². The van der Waals surface area contributed by atoms with Gasteiger partial charge in [0.1, 0.15) is 5.75 Å².